The zero-order chi connectivity index (χ0) is 19.6. The SMILES string of the molecule is COc1cc(C)cc(C)c1C(=O)N1CCN(C(=O)C2=NNC(=O)CC2)CC1. The molecule has 0 atom stereocenters. The average Bonchev–Trinajstić information content (AvgIpc) is 2.67. The molecule has 2 heterocycles. The van der Waals surface area contributed by atoms with Crippen LogP contribution in [-0.4, -0.2) is 66.5 Å². The van der Waals surface area contributed by atoms with Crippen LogP contribution in [0.4, 0.5) is 0 Å². The van der Waals surface area contributed by atoms with Crippen LogP contribution in [0.3, 0.4) is 0 Å². The highest BCUT2D eigenvalue weighted by molar-refractivity contribution is 6.39. The largest absolute Gasteiger partial charge is 0.496 e. The number of hydrogen-bond acceptors (Lipinski definition) is 5. The van der Waals surface area contributed by atoms with Crippen LogP contribution < -0.4 is 10.2 Å². The number of hydrazone groups is 1. The summed E-state index contributed by atoms with van der Waals surface area (Å²) >= 11 is 0. The Morgan fingerprint density at radius 3 is 2.22 bits per heavy atom. The molecule has 27 heavy (non-hydrogen) atoms. The Hall–Kier alpha value is -2.90. The lowest BCUT2D eigenvalue weighted by molar-refractivity contribution is -0.126. The summed E-state index contributed by atoms with van der Waals surface area (Å²) in [7, 11) is 1.56. The van der Waals surface area contributed by atoms with Gasteiger partial charge in [0.25, 0.3) is 11.8 Å². The Kier molecular flexibility index (Phi) is 5.43. The maximum absolute atomic E-state index is 13.0. The van der Waals surface area contributed by atoms with E-state index in [1.54, 1.807) is 16.9 Å². The summed E-state index contributed by atoms with van der Waals surface area (Å²) < 4.78 is 5.40. The fourth-order valence-corrected chi connectivity index (χ4v) is 3.45. The maximum Gasteiger partial charge on any atom is 0.270 e. The van der Waals surface area contributed by atoms with Crippen LogP contribution in [0, 0.1) is 13.8 Å². The molecular weight excluding hydrogens is 348 g/mol. The summed E-state index contributed by atoms with van der Waals surface area (Å²) in [5, 5.41) is 3.86. The highest BCUT2D eigenvalue weighted by atomic mass is 16.5. The molecule has 1 aromatic carbocycles. The van der Waals surface area contributed by atoms with Crippen molar-refractivity contribution in [3.63, 3.8) is 0 Å². The van der Waals surface area contributed by atoms with Gasteiger partial charge in [-0.15, -0.1) is 0 Å². The normalized spacial score (nSPS) is 17.3. The number of aryl methyl sites for hydroxylation is 2. The Morgan fingerprint density at radius 2 is 1.67 bits per heavy atom. The van der Waals surface area contributed by atoms with Crippen LogP contribution in [-0.2, 0) is 9.59 Å². The summed E-state index contributed by atoms with van der Waals surface area (Å²) in [4.78, 5) is 40.1. The van der Waals surface area contributed by atoms with Gasteiger partial charge in [-0.1, -0.05) is 6.07 Å². The van der Waals surface area contributed by atoms with Crippen molar-refractivity contribution in [1.82, 2.24) is 15.2 Å². The Bertz CT molecular complexity index is 810. The number of nitrogens with zero attached hydrogens (tertiary/aromatic N) is 3. The van der Waals surface area contributed by atoms with Crippen molar-refractivity contribution in [3.8, 4) is 5.75 Å². The van der Waals surface area contributed by atoms with E-state index in [2.05, 4.69) is 10.5 Å². The number of benzene rings is 1. The van der Waals surface area contributed by atoms with Crippen LogP contribution in [0.15, 0.2) is 17.2 Å². The van der Waals surface area contributed by atoms with Crippen LogP contribution >= 0.6 is 0 Å². The number of ether oxygens (including phenoxy) is 1. The summed E-state index contributed by atoms with van der Waals surface area (Å²) in [6.07, 6.45) is 0.624. The Balaban J connectivity index is 1.67. The zero-order valence-corrected chi connectivity index (χ0v) is 15.9. The van der Waals surface area contributed by atoms with Gasteiger partial charge in [0.1, 0.15) is 11.5 Å². The van der Waals surface area contributed by atoms with Gasteiger partial charge < -0.3 is 14.5 Å². The van der Waals surface area contributed by atoms with E-state index in [1.165, 1.54) is 0 Å². The molecule has 0 saturated carbocycles. The number of piperazine rings is 1. The molecule has 1 saturated heterocycles. The molecule has 144 valence electrons. The molecule has 0 spiro atoms. The monoisotopic (exact) mass is 372 g/mol. The van der Waals surface area contributed by atoms with Gasteiger partial charge in [0, 0.05) is 39.0 Å². The van der Waals surface area contributed by atoms with Gasteiger partial charge in [-0.05, 0) is 31.0 Å². The van der Waals surface area contributed by atoms with Gasteiger partial charge in [0.05, 0.1) is 12.7 Å². The number of nitrogens with one attached hydrogen (secondary N) is 1. The summed E-state index contributed by atoms with van der Waals surface area (Å²) in [6, 6.07) is 3.82. The molecule has 0 bridgehead atoms. The number of carbonyl (C=O) groups is 3. The predicted molar refractivity (Wildman–Crippen MR) is 99.8 cm³/mol. The molecule has 2 aliphatic rings. The van der Waals surface area contributed by atoms with Crippen molar-refractivity contribution in [3.05, 3.63) is 28.8 Å². The van der Waals surface area contributed by atoms with Crippen LogP contribution in [0.2, 0.25) is 0 Å². The third kappa shape index (κ3) is 3.94. The van der Waals surface area contributed by atoms with E-state index in [9.17, 15) is 14.4 Å². The third-order valence-corrected chi connectivity index (χ3v) is 4.88. The second-order valence-electron chi connectivity index (χ2n) is 6.84. The number of carbonyl (C=O) groups excluding carboxylic acids is 3. The van der Waals surface area contributed by atoms with Crippen LogP contribution in [0.5, 0.6) is 5.75 Å². The number of rotatable bonds is 3. The number of methoxy groups -OCH3 is 1. The molecule has 1 fully saturated rings. The number of amides is 3. The number of hydrogen-bond donors (Lipinski definition) is 1. The van der Waals surface area contributed by atoms with E-state index >= 15 is 0 Å². The van der Waals surface area contributed by atoms with E-state index < -0.39 is 0 Å². The fraction of sp³-hybridized carbons (Fsp3) is 0.474. The van der Waals surface area contributed by atoms with Gasteiger partial charge >= 0.3 is 0 Å². The van der Waals surface area contributed by atoms with Crippen molar-refractivity contribution < 1.29 is 19.1 Å². The smallest absolute Gasteiger partial charge is 0.270 e. The first-order chi connectivity index (χ1) is 12.9. The fourth-order valence-electron chi connectivity index (χ4n) is 3.45. The lowest BCUT2D eigenvalue weighted by atomic mass is 10.0. The molecule has 0 aromatic heterocycles. The topological polar surface area (TPSA) is 91.3 Å². The zero-order valence-electron chi connectivity index (χ0n) is 15.9. The molecule has 8 nitrogen and oxygen atoms in total. The third-order valence-electron chi connectivity index (χ3n) is 4.88. The molecule has 0 aliphatic carbocycles. The first kappa shape index (κ1) is 18.9. The van der Waals surface area contributed by atoms with Crippen molar-refractivity contribution in [2.24, 2.45) is 5.10 Å². The Labute approximate surface area is 158 Å². The van der Waals surface area contributed by atoms with Gasteiger partial charge in [0.2, 0.25) is 5.91 Å². The molecule has 1 aromatic rings. The van der Waals surface area contributed by atoms with E-state index in [0.29, 0.717) is 49.6 Å². The highest BCUT2D eigenvalue weighted by Crippen LogP contribution is 2.26. The summed E-state index contributed by atoms with van der Waals surface area (Å²) in [5.41, 5.74) is 5.20. The molecule has 2 aliphatic heterocycles. The molecule has 3 amide bonds. The van der Waals surface area contributed by atoms with Gasteiger partial charge in [-0.3, -0.25) is 14.4 Å². The molecule has 1 N–H and O–H groups in total. The van der Waals surface area contributed by atoms with Gasteiger partial charge in [-0.25, -0.2) is 5.43 Å². The second kappa shape index (κ2) is 7.77. The molecule has 8 heteroatoms. The van der Waals surface area contributed by atoms with Crippen LogP contribution in [0.1, 0.15) is 34.3 Å². The van der Waals surface area contributed by atoms with Crippen molar-refractivity contribution in [2.45, 2.75) is 26.7 Å². The first-order valence-electron chi connectivity index (χ1n) is 9.00. The van der Waals surface area contributed by atoms with E-state index in [1.807, 2.05) is 26.0 Å². The van der Waals surface area contributed by atoms with Crippen molar-refractivity contribution in [1.29, 1.82) is 0 Å². The summed E-state index contributed by atoms with van der Waals surface area (Å²) in [6.45, 7) is 5.62. The Morgan fingerprint density at radius 1 is 1.04 bits per heavy atom. The lowest BCUT2D eigenvalue weighted by Crippen LogP contribution is -2.52. The minimum absolute atomic E-state index is 0.0845. The molecule has 0 radical (unpaired) electrons. The van der Waals surface area contributed by atoms with Crippen LogP contribution in [0.25, 0.3) is 0 Å². The predicted octanol–water partition coefficient (Wildman–Crippen LogP) is 0.862. The van der Waals surface area contributed by atoms with E-state index in [4.69, 9.17) is 4.74 Å². The van der Waals surface area contributed by atoms with Crippen molar-refractivity contribution >= 4 is 23.4 Å². The summed E-state index contributed by atoms with van der Waals surface area (Å²) in [5.74, 6) is 0.137. The average molecular weight is 372 g/mol. The quantitative estimate of drug-likeness (QED) is 0.852. The molecular formula is C19H24N4O4. The standard InChI is InChI=1S/C19H24N4O4/c1-12-10-13(2)17(15(11-12)27-3)19(26)23-8-6-22(7-9-23)18(25)14-4-5-16(24)21-20-14/h10-11H,4-9H2,1-3H3,(H,21,24). The maximum atomic E-state index is 13.0. The van der Waals surface area contributed by atoms with Gasteiger partial charge in [0.15, 0.2) is 0 Å². The van der Waals surface area contributed by atoms with Crippen molar-refractivity contribution in [2.75, 3.05) is 33.3 Å². The van der Waals surface area contributed by atoms with Gasteiger partial charge in [-0.2, -0.15) is 5.10 Å². The minimum atomic E-state index is -0.176. The minimum Gasteiger partial charge on any atom is -0.496 e. The van der Waals surface area contributed by atoms with E-state index in [-0.39, 0.29) is 24.1 Å². The van der Waals surface area contributed by atoms with E-state index in [0.717, 1.165) is 11.1 Å². The first-order valence-corrected chi connectivity index (χ1v) is 9.00. The lowest BCUT2D eigenvalue weighted by Gasteiger charge is -2.35. The second-order valence-corrected chi connectivity index (χ2v) is 6.84. The molecule has 3 rings (SSSR count). The highest BCUT2D eigenvalue weighted by Gasteiger charge is 2.30. The molecule has 0 unspecified atom stereocenters.